The van der Waals surface area contributed by atoms with E-state index in [4.69, 9.17) is 0 Å². The van der Waals surface area contributed by atoms with Crippen molar-refractivity contribution in [1.29, 1.82) is 0 Å². The number of hydrogen-bond acceptors (Lipinski definition) is 5. The van der Waals surface area contributed by atoms with E-state index in [1.165, 1.54) is 0 Å². The van der Waals surface area contributed by atoms with Crippen LogP contribution in [0.1, 0.15) is 22.9 Å². The lowest BCUT2D eigenvalue weighted by atomic mass is 10.3. The van der Waals surface area contributed by atoms with Gasteiger partial charge in [0.2, 0.25) is 5.91 Å². The molecule has 1 saturated heterocycles. The molecule has 1 aliphatic heterocycles. The van der Waals surface area contributed by atoms with Crippen LogP contribution in [-0.4, -0.2) is 56.4 Å². The van der Waals surface area contributed by atoms with Crippen LogP contribution in [0.5, 0.6) is 0 Å². The Morgan fingerprint density at radius 2 is 2.17 bits per heavy atom. The number of hydrogen-bond donors (Lipinski definition) is 0. The molecule has 23 heavy (non-hydrogen) atoms. The van der Waals surface area contributed by atoms with Crippen LogP contribution in [0.25, 0.3) is 0 Å². The Bertz CT molecular complexity index is 665. The van der Waals surface area contributed by atoms with Crippen LogP contribution in [0, 0.1) is 6.92 Å². The Morgan fingerprint density at radius 1 is 1.30 bits per heavy atom. The second-order valence-electron chi connectivity index (χ2n) is 6.00. The van der Waals surface area contributed by atoms with Crippen LogP contribution in [0.4, 0.5) is 0 Å². The van der Waals surface area contributed by atoms with Crippen molar-refractivity contribution in [3.8, 4) is 0 Å². The third-order valence-corrected chi connectivity index (χ3v) is 5.05. The number of thiazole rings is 1. The van der Waals surface area contributed by atoms with Crippen molar-refractivity contribution < 1.29 is 4.79 Å². The first-order valence-corrected chi connectivity index (χ1v) is 8.87. The molecule has 1 fully saturated rings. The average Bonchev–Trinajstić information content (AvgIpc) is 3.02. The summed E-state index contributed by atoms with van der Waals surface area (Å²) in [5, 5.41) is 3.00. The number of nitrogens with zero attached hydrogens (tertiary/aromatic N) is 5. The van der Waals surface area contributed by atoms with Crippen molar-refractivity contribution in [3.05, 3.63) is 34.3 Å². The van der Waals surface area contributed by atoms with Crippen molar-refractivity contribution in [3.63, 3.8) is 0 Å². The van der Waals surface area contributed by atoms with Crippen LogP contribution < -0.4 is 0 Å². The highest BCUT2D eigenvalue weighted by molar-refractivity contribution is 7.09. The second kappa shape index (κ2) is 7.23. The van der Waals surface area contributed by atoms with Gasteiger partial charge in [0.25, 0.3) is 0 Å². The molecule has 7 heteroatoms. The minimum Gasteiger partial charge on any atom is -0.341 e. The lowest BCUT2D eigenvalue weighted by Crippen LogP contribution is -2.36. The molecule has 0 spiro atoms. The zero-order valence-corrected chi connectivity index (χ0v) is 14.6. The van der Waals surface area contributed by atoms with Crippen molar-refractivity contribution in [2.75, 3.05) is 26.2 Å². The monoisotopic (exact) mass is 333 g/mol. The summed E-state index contributed by atoms with van der Waals surface area (Å²) in [6, 6.07) is 0. The van der Waals surface area contributed by atoms with Gasteiger partial charge >= 0.3 is 0 Å². The summed E-state index contributed by atoms with van der Waals surface area (Å²) in [4.78, 5) is 25.6. The summed E-state index contributed by atoms with van der Waals surface area (Å²) in [5.74, 6) is 1.26. The SMILES string of the molecule is Cc1nc(CC(=O)N2CCCN(Cc3nccn3C)CC2)cs1. The topological polar surface area (TPSA) is 54.3 Å². The molecule has 0 atom stereocenters. The van der Waals surface area contributed by atoms with Gasteiger partial charge in [-0.3, -0.25) is 9.69 Å². The van der Waals surface area contributed by atoms with Crippen LogP contribution in [0.3, 0.4) is 0 Å². The van der Waals surface area contributed by atoms with Gasteiger partial charge in [-0.05, 0) is 13.3 Å². The minimum atomic E-state index is 0.189. The summed E-state index contributed by atoms with van der Waals surface area (Å²) in [6.07, 6.45) is 5.23. The normalized spacial score (nSPS) is 16.5. The molecule has 0 saturated carbocycles. The summed E-state index contributed by atoms with van der Waals surface area (Å²) in [7, 11) is 2.02. The smallest absolute Gasteiger partial charge is 0.228 e. The lowest BCUT2D eigenvalue weighted by Gasteiger charge is -2.21. The van der Waals surface area contributed by atoms with Crippen molar-refractivity contribution >= 4 is 17.2 Å². The molecule has 3 rings (SSSR count). The highest BCUT2D eigenvalue weighted by Crippen LogP contribution is 2.12. The number of carbonyl (C=O) groups is 1. The van der Waals surface area contributed by atoms with Gasteiger partial charge < -0.3 is 9.47 Å². The number of amides is 1. The lowest BCUT2D eigenvalue weighted by molar-refractivity contribution is -0.130. The molecule has 2 aromatic rings. The number of aromatic nitrogens is 3. The summed E-state index contributed by atoms with van der Waals surface area (Å²) >= 11 is 1.60. The predicted octanol–water partition coefficient (Wildman–Crippen LogP) is 1.46. The van der Waals surface area contributed by atoms with Gasteiger partial charge in [-0.15, -0.1) is 11.3 Å². The molecular formula is C16H23N5OS. The van der Waals surface area contributed by atoms with E-state index >= 15 is 0 Å². The van der Waals surface area contributed by atoms with Gasteiger partial charge in [0.05, 0.1) is 23.7 Å². The highest BCUT2D eigenvalue weighted by atomic mass is 32.1. The molecular weight excluding hydrogens is 310 g/mol. The minimum absolute atomic E-state index is 0.189. The molecule has 3 heterocycles. The maximum Gasteiger partial charge on any atom is 0.228 e. The fourth-order valence-corrected chi connectivity index (χ4v) is 3.50. The van der Waals surface area contributed by atoms with E-state index in [9.17, 15) is 4.79 Å². The van der Waals surface area contributed by atoms with E-state index in [0.29, 0.717) is 6.42 Å². The molecule has 0 N–H and O–H groups in total. The first kappa shape index (κ1) is 16.1. The third kappa shape index (κ3) is 4.17. The van der Waals surface area contributed by atoms with Gasteiger partial charge in [-0.2, -0.15) is 0 Å². The Balaban J connectivity index is 1.53. The Morgan fingerprint density at radius 3 is 2.87 bits per heavy atom. The third-order valence-electron chi connectivity index (χ3n) is 4.23. The molecule has 0 radical (unpaired) electrons. The van der Waals surface area contributed by atoms with Crippen molar-refractivity contribution in [2.45, 2.75) is 26.3 Å². The van der Waals surface area contributed by atoms with E-state index in [1.54, 1.807) is 11.3 Å². The molecule has 1 amide bonds. The zero-order chi connectivity index (χ0) is 16.2. The standard InChI is InChI=1S/C16H23N5OS/c1-13-18-14(12-23-13)10-16(22)21-6-3-5-20(8-9-21)11-15-17-4-7-19(15)2/h4,7,12H,3,5-6,8-11H2,1-2H3. The number of imidazole rings is 1. The summed E-state index contributed by atoms with van der Waals surface area (Å²) in [6.45, 7) is 6.34. The van der Waals surface area contributed by atoms with Gasteiger partial charge in [0.15, 0.2) is 0 Å². The van der Waals surface area contributed by atoms with E-state index in [0.717, 1.165) is 55.7 Å². The first-order valence-electron chi connectivity index (χ1n) is 7.99. The highest BCUT2D eigenvalue weighted by Gasteiger charge is 2.20. The maximum absolute atomic E-state index is 12.5. The number of carbonyl (C=O) groups excluding carboxylic acids is 1. The average molecular weight is 333 g/mol. The fourth-order valence-electron chi connectivity index (χ4n) is 2.88. The van der Waals surface area contributed by atoms with E-state index in [1.807, 2.05) is 36.6 Å². The fraction of sp³-hybridized carbons (Fsp3) is 0.562. The van der Waals surface area contributed by atoms with Gasteiger partial charge in [-0.1, -0.05) is 0 Å². The predicted molar refractivity (Wildman–Crippen MR) is 90.2 cm³/mol. The van der Waals surface area contributed by atoms with Gasteiger partial charge in [0.1, 0.15) is 5.82 Å². The van der Waals surface area contributed by atoms with Crippen LogP contribution in [0.15, 0.2) is 17.8 Å². The number of rotatable bonds is 4. The van der Waals surface area contributed by atoms with Crippen molar-refractivity contribution in [2.24, 2.45) is 7.05 Å². The Hall–Kier alpha value is -1.73. The van der Waals surface area contributed by atoms with E-state index in [-0.39, 0.29) is 5.91 Å². The van der Waals surface area contributed by atoms with Crippen molar-refractivity contribution in [1.82, 2.24) is 24.3 Å². The maximum atomic E-state index is 12.5. The molecule has 0 aromatic carbocycles. The van der Waals surface area contributed by atoms with Gasteiger partial charge in [0, 0.05) is 51.0 Å². The largest absolute Gasteiger partial charge is 0.341 e. The molecule has 1 aliphatic rings. The molecule has 2 aromatic heterocycles. The Labute approximate surface area is 140 Å². The molecule has 6 nitrogen and oxygen atoms in total. The molecule has 0 bridgehead atoms. The summed E-state index contributed by atoms with van der Waals surface area (Å²) in [5.41, 5.74) is 0.895. The molecule has 124 valence electrons. The second-order valence-corrected chi connectivity index (χ2v) is 7.06. The van der Waals surface area contributed by atoms with Gasteiger partial charge in [-0.25, -0.2) is 9.97 Å². The van der Waals surface area contributed by atoms with Crippen LogP contribution in [-0.2, 0) is 24.8 Å². The quantitative estimate of drug-likeness (QED) is 0.850. The van der Waals surface area contributed by atoms with E-state index in [2.05, 4.69) is 19.4 Å². The zero-order valence-electron chi connectivity index (χ0n) is 13.7. The Kier molecular flexibility index (Phi) is 5.07. The molecule has 0 aliphatic carbocycles. The summed E-state index contributed by atoms with van der Waals surface area (Å²) < 4.78 is 2.05. The van der Waals surface area contributed by atoms with Crippen LogP contribution >= 0.6 is 11.3 Å². The number of aryl methyl sites for hydroxylation is 2. The van der Waals surface area contributed by atoms with Crippen LogP contribution in [0.2, 0.25) is 0 Å². The van der Waals surface area contributed by atoms with E-state index < -0.39 is 0 Å². The molecule has 0 unspecified atom stereocenters. The first-order chi connectivity index (χ1) is 11.1.